The summed E-state index contributed by atoms with van der Waals surface area (Å²) < 4.78 is 30.3. The highest BCUT2D eigenvalue weighted by atomic mass is 35.5. The van der Waals surface area contributed by atoms with Crippen LogP contribution >= 0.6 is 23.7 Å². The summed E-state index contributed by atoms with van der Waals surface area (Å²) in [4.78, 5) is 15.4. The lowest BCUT2D eigenvalue weighted by Gasteiger charge is -2.06. The number of carbonyl (C=O) groups is 1. The van der Waals surface area contributed by atoms with E-state index in [1.54, 1.807) is 30.3 Å². The second kappa shape index (κ2) is 7.16. The molecule has 6 nitrogen and oxygen atoms in total. The molecule has 0 saturated carbocycles. The predicted molar refractivity (Wildman–Crippen MR) is 95.4 cm³/mol. The van der Waals surface area contributed by atoms with E-state index in [1.165, 1.54) is 36.5 Å². The number of halogens is 1. The third-order valence-electron chi connectivity index (χ3n) is 2.88. The lowest BCUT2D eigenvalue weighted by atomic mass is 10.3. The molecule has 24 heavy (non-hydrogen) atoms. The summed E-state index contributed by atoms with van der Waals surface area (Å²) in [6, 6.07) is 12.7. The van der Waals surface area contributed by atoms with Crippen molar-refractivity contribution in [3.8, 4) is 5.75 Å². The van der Waals surface area contributed by atoms with E-state index in [4.69, 9.17) is 4.18 Å². The number of benzene rings is 2. The molecule has 0 spiro atoms. The zero-order valence-corrected chi connectivity index (χ0v) is 14.9. The molecule has 0 saturated heterocycles. The standard InChI is InChI=1S/C15H12N2O4S2.ClH/c1-10(18)16-15-17-13-8-7-11(9-14(13)22-15)21-23(19,20)12-5-3-2-4-6-12;/h2-9H,1H3,(H,16,17,18);1H. The Kier molecular flexibility index (Phi) is 5.43. The summed E-state index contributed by atoms with van der Waals surface area (Å²) in [5, 5.41) is 3.05. The van der Waals surface area contributed by atoms with Crippen molar-refractivity contribution in [1.82, 2.24) is 4.98 Å². The van der Waals surface area contributed by atoms with E-state index in [1.807, 2.05) is 0 Å². The zero-order valence-electron chi connectivity index (χ0n) is 12.4. The van der Waals surface area contributed by atoms with Gasteiger partial charge >= 0.3 is 10.1 Å². The van der Waals surface area contributed by atoms with Crippen molar-refractivity contribution in [3.63, 3.8) is 0 Å². The van der Waals surface area contributed by atoms with Crippen LogP contribution in [0.5, 0.6) is 5.75 Å². The highest BCUT2D eigenvalue weighted by Crippen LogP contribution is 2.30. The van der Waals surface area contributed by atoms with Crippen LogP contribution in [0.15, 0.2) is 53.4 Å². The predicted octanol–water partition coefficient (Wildman–Crippen LogP) is 3.44. The second-order valence-electron chi connectivity index (χ2n) is 4.68. The molecule has 0 aliphatic carbocycles. The van der Waals surface area contributed by atoms with Gasteiger partial charge in [-0.3, -0.25) is 4.79 Å². The topological polar surface area (TPSA) is 85.4 Å². The molecule has 0 bridgehead atoms. The SMILES string of the molecule is CC(=O)Nc1nc2ccc(OS(=O)(=O)c3ccccc3)cc2s1.Cl. The fourth-order valence-corrected chi connectivity index (χ4v) is 3.81. The van der Waals surface area contributed by atoms with Crippen LogP contribution in [0.25, 0.3) is 10.2 Å². The van der Waals surface area contributed by atoms with Gasteiger partial charge in [0.25, 0.3) is 0 Å². The summed E-state index contributed by atoms with van der Waals surface area (Å²) >= 11 is 1.24. The molecule has 0 aliphatic rings. The maximum atomic E-state index is 12.2. The Morgan fingerprint density at radius 3 is 2.54 bits per heavy atom. The van der Waals surface area contributed by atoms with Crippen molar-refractivity contribution in [1.29, 1.82) is 0 Å². The summed E-state index contributed by atoms with van der Waals surface area (Å²) in [6.45, 7) is 1.40. The smallest absolute Gasteiger partial charge is 0.339 e. The molecular formula is C15H13ClN2O4S2. The van der Waals surface area contributed by atoms with Crippen LogP contribution in [0, 0.1) is 0 Å². The highest BCUT2D eigenvalue weighted by molar-refractivity contribution is 7.87. The maximum Gasteiger partial charge on any atom is 0.339 e. The molecule has 3 aromatic rings. The minimum absolute atomic E-state index is 0. The van der Waals surface area contributed by atoms with Gasteiger partial charge < -0.3 is 9.50 Å². The van der Waals surface area contributed by atoms with E-state index >= 15 is 0 Å². The summed E-state index contributed by atoms with van der Waals surface area (Å²) in [5.74, 6) is -0.0217. The molecule has 3 rings (SSSR count). The largest absolute Gasteiger partial charge is 0.379 e. The van der Waals surface area contributed by atoms with Gasteiger partial charge in [0.2, 0.25) is 5.91 Å². The molecule has 1 heterocycles. The molecule has 0 atom stereocenters. The molecule has 0 radical (unpaired) electrons. The van der Waals surface area contributed by atoms with Crippen molar-refractivity contribution < 1.29 is 17.4 Å². The lowest BCUT2D eigenvalue weighted by molar-refractivity contribution is -0.114. The average Bonchev–Trinajstić information content (AvgIpc) is 2.88. The highest BCUT2D eigenvalue weighted by Gasteiger charge is 2.16. The van der Waals surface area contributed by atoms with E-state index in [0.717, 1.165) is 4.70 Å². The van der Waals surface area contributed by atoms with Gasteiger partial charge in [0.15, 0.2) is 5.13 Å². The van der Waals surface area contributed by atoms with Crippen LogP contribution < -0.4 is 9.50 Å². The molecule has 2 aromatic carbocycles. The first-order valence-corrected chi connectivity index (χ1v) is 8.84. The Morgan fingerprint density at radius 2 is 1.88 bits per heavy atom. The third kappa shape index (κ3) is 4.02. The van der Waals surface area contributed by atoms with Gasteiger partial charge in [-0.25, -0.2) is 4.98 Å². The Labute approximate surface area is 149 Å². The third-order valence-corrected chi connectivity index (χ3v) is 5.08. The Bertz CT molecular complexity index is 972. The van der Waals surface area contributed by atoms with E-state index in [-0.39, 0.29) is 29.0 Å². The molecule has 126 valence electrons. The molecule has 0 aliphatic heterocycles. The quantitative estimate of drug-likeness (QED) is 0.696. The lowest BCUT2D eigenvalue weighted by Crippen LogP contribution is -2.09. The Hall–Kier alpha value is -2.16. The van der Waals surface area contributed by atoms with Gasteiger partial charge in [0, 0.05) is 13.0 Å². The van der Waals surface area contributed by atoms with Gasteiger partial charge in [0.05, 0.1) is 10.2 Å². The number of amides is 1. The molecule has 1 aromatic heterocycles. The monoisotopic (exact) mass is 384 g/mol. The van der Waals surface area contributed by atoms with Crippen molar-refractivity contribution in [2.75, 3.05) is 5.32 Å². The zero-order chi connectivity index (χ0) is 16.4. The number of nitrogens with zero attached hydrogens (tertiary/aromatic N) is 1. The number of hydrogen-bond acceptors (Lipinski definition) is 6. The van der Waals surface area contributed by atoms with Crippen molar-refractivity contribution in [2.45, 2.75) is 11.8 Å². The fourth-order valence-electron chi connectivity index (χ4n) is 1.92. The first kappa shape index (κ1) is 18.2. The minimum atomic E-state index is -3.88. The van der Waals surface area contributed by atoms with Crippen molar-refractivity contribution in [2.24, 2.45) is 0 Å². The first-order valence-electron chi connectivity index (χ1n) is 6.62. The number of anilines is 1. The maximum absolute atomic E-state index is 12.2. The van der Waals surface area contributed by atoms with Crippen molar-refractivity contribution >= 4 is 55.1 Å². The number of fused-ring (bicyclic) bond motifs is 1. The minimum Gasteiger partial charge on any atom is -0.379 e. The number of carbonyl (C=O) groups excluding carboxylic acids is 1. The van der Waals surface area contributed by atoms with Crippen LogP contribution in [0.4, 0.5) is 5.13 Å². The Morgan fingerprint density at radius 1 is 1.17 bits per heavy atom. The number of thiazole rings is 1. The fraction of sp³-hybridized carbons (Fsp3) is 0.0667. The van der Waals surface area contributed by atoms with E-state index in [9.17, 15) is 13.2 Å². The van der Waals surface area contributed by atoms with Crippen LogP contribution in [-0.4, -0.2) is 19.3 Å². The number of hydrogen-bond donors (Lipinski definition) is 1. The van der Waals surface area contributed by atoms with Gasteiger partial charge in [-0.05, 0) is 24.3 Å². The normalized spacial score (nSPS) is 10.9. The van der Waals surface area contributed by atoms with Crippen LogP contribution in [0.2, 0.25) is 0 Å². The van der Waals surface area contributed by atoms with Crippen LogP contribution in [0.3, 0.4) is 0 Å². The second-order valence-corrected chi connectivity index (χ2v) is 7.26. The van der Waals surface area contributed by atoms with Gasteiger partial charge in [0.1, 0.15) is 10.6 Å². The summed E-state index contributed by atoms with van der Waals surface area (Å²) in [7, 11) is -3.88. The molecule has 0 fully saturated rings. The summed E-state index contributed by atoms with van der Waals surface area (Å²) in [6.07, 6.45) is 0. The molecule has 9 heteroatoms. The molecular weight excluding hydrogens is 372 g/mol. The number of nitrogens with one attached hydrogen (secondary N) is 1. The van der Waals surface area contributed by atoms with Gasteiger partial charge in [-0.2, -0.15) is 8.42 Å². The number of rotatable bonds is 4. The first-order chi connectivity index (χ1) is 10.9. The number of aromatic nitrogens is 1. The molecule has 1 amide bonds. The van der Waals surface area contributed by atoms with Crippen LogP contribution in [0.1, 0.15) is 6.92 Å². The van der Waals surface area contributed by atoms with Crippen molar-refractivity contribution in [3.05, 3.63) is 48.5 Å². The van der Waals surface area contributed by atoms with E-state index in [0.29, 0.717) is 10.6 Å². The van der Waals surface area contributed by atoms with Crippen LogP contribution in [-0.2, 0) is 14.9 Å². The van der Waals surface area contributed by atoms with E-state index < -0.39 is 10.1 Å². The molecule has 1 N–H and O–H groups in total. The average molecular weight is 385 g/mol. The van der Waals surface area contributed by atoms with Gasteiger partial charge in [-0.1, -0.05) is 29.5 Å². The Balaban J connectivity index is 0.00000208. The van der Waals surface area contributed by atoms with E-state index in [2.05, 4.69) is 10.3 Å². The summed E-state index contributed by atoms with van der Waals surface area (Å²) in [5.41, 5.74) is 0.656. The van der Waals surface area contributed by atoms with Gasteiger partial charge in [-0.15, -0.1) is 12.4 Å². The molecule has 0 unspecified atom stereocenters.